The molecule has 1 fully saturated rings. The molecule has 10 nitrogen and oxygen atoms in total. The number of nitrogens with one attached hydrogen (secondary N) is 3. The first-order valence-corrected chi connectivity index (χ1v) is 12.9. The first-order valence-electron chi connectivity index (χ1n) is 12.9. The number of aromatic amines is 1. The quantitative estimate of drug-likeness (QED) is 0.329. The van der Waals surface area contributed by atoms with E-state index < -0.39 is 0 Å². The monoisotopic (exact) mass is 514 g/mol. The first kappa shape index (κ1) is 25.8. The molecule has 4 heterocycles. The van der Waals surface area contributed by atoms with E-state index in [-0.39, 0.29) is 6.03 Å². The van der Waals surface area contributed by atoms with Gasteiger partial charge in [-0.3, -0.25) is 20.2 Å². The lowest BCUT2D eigenvalue weighted by Crippen LogP contribution is -2.35. The number of carbonyl (C=O) groups is 1. The van der Waals surface area contributed by atoms with Crippen molar-refractivity contribution in [1.29, 1.82) is 0 Å². The predicted octanol–water partition coefficient (Wildman–Crippen LogP) is 3.72. The van der Waals surface area contributed by atoms with E-state index in [2.05, 4.69) is 59.7 Å². The molecule has 0 saturated carbocycles. The van der Waals surface area contributed by atoms with Crippen LogP contribution in [0.2, 0.25) is 0 Å². The molecule has 3 aromatic heterocycles. The molecule has 1 aromatic carbocycles. The van der Waals surface area contributed by atoms with E-state index in [4.69, 9.17) is 9.72 Å². The van der Waals surface area contributed by atoms with E-state index in [0.29, 0.717) is 12.5 Å². The summed E-state index contributed by atoms with van der Waals surface area (Å²) in [5.74, 6) is 0.382. The second kappa shape index (κ2) is 11.7. The zero-order valence-electron chi connectivity index (χ0n) is 22.1. The topological polar surface area (TPSA) is 111 Å². The molecule has 38 heavy (non-hydrogen) atoms. The summed E-state index contributed by atoms with van der Waals surface area (Å²) in [4.78, 5) is 34.0. The molecule has 10 heteroatoms. The van der Waals surface area contributed by atoms with Crippen LogP contribution in [0.4, 0.5) is 10.7 Å². The van der Waals surface area contributed by atoms with E-state index in [9.17, 15) is 4.79 Å². The summed E-state index contributed by atoms with van der Waals surface area (Å²) in [6.07, 6.45) is 3.75. The Labute approximate surface area is 222 Å². The van der Waals surface area contributed by atoms with E-state index in [1.807, 2.05) is 45.5 Å². The molecule has 0 bridgehead atoms. The summed E-state index contributed by atoms with van der Waals surface area (Å²) in [5.41, 5.74) is 7.45. The maximum Gasteiger partial charge on any atom is 0.321 e. The number of aromatic nitrogens is 4. The molecule has 0 radical (unpaired) electrons. The van der Waals surface area contributed by atoms with Gasteiger partial charge in [-0.1, -0.05) is 6.07 Å². The number of H-pyrrole nitrogens is 1. The average Bonchev–Trinajstić information content (AvgIpc) is 3.31. The summed E-state index contributed by atoms with van der Waals surface area (Å²) < 4.78 is 5.45. The van der Waals surface area contributed by atoms with Gasteiger partial charge in [0.25, 0.3) is 0 Å². The Morgan fingerprint density at radius 3 is 2.68 bits per heavy atom. The predicted molar refractivity (Wildman–Crippen MR) is 149 cm³/mol. The number of ether oxygens (including phenoxy) is 1. The third-order valence-corrected chi connectivity index (χ3v) is 6.41. The Morgan fingerprint density at radius 1 is 1.11 bits per heavy atom. The van der Waals surface area contributed by atoms with Crippen LogP contribution in [-0.2, 0) is 17.8 Å². The molecule has 1 aliphatic heterocycles. The molecule has 3 N–H and O–H groups in total. The van der Waals surface area contributed by atoms with Crippen LogP contribution in [-0.4, -0.2) is 82.7 Å². The van der Waals surface area contributed by atoms with Crippen molar-refractivity contribution in [3.8, 4) is 22.4 Å². The molecule has 0 aliphatic carbocycles. The molecule has 1 saturated heterocycles. The van der Waals surface area contributed by atoms with Crippen molar-refractivity contribution in [2.45, 2.75) is 20.0 Å². The highest BCUT2D eigenvalue weighted by atomic mass is 16.5. The molecule has 0 unspecified atom stereocenters. The van der Waals surface area contributed by atoms with Gasteiger partial charge in [0.15, 0.2) is 0 Å². The number of urea groups is 1. The Morgan fingerprint density at radius 2 is 1.95 bits per heavy atom. The lowest BCUT2D eigenvalue weighted by molar-refractivity contribution is 0.0336. The Hall–Kier alpha value is -3.86. The van der Waals surface area contributed by atoms with Gasteiger partial charge in [0, 0.05) is 56.2 Å². The summed E-state index contributed by atoms with van der Waals surface area (Å²) in [7, 11) is 4.09. The highest BCUT2D eigenvalue weighted by Crippen LogP contribution is 2.33. The largest absolute Gasteiger partial charge is 0.379 e. The minimum Gasteiger partial charge on any atom is -0.379 e. The average molecular weight is 515 g/mol. The highest BCUT2D eigenvalue weighted by Gasteiger charge is 2.16. The second-order valence-corrected chi connectivity index (χ2v) is 9.70. The number of nitrogens with zero attached hydrogens (tertiary/aromatic N) is 5. The summed E-state index contributed by atoms with van der Waals surface area (Å²) in [6, 6.07) is 12.1. The van der Waals surface area contributed by atoms with Gasteiger partial charge in [0.2, 0.25) is 5.95 Å². The molecular weight excluding hydrogens is 480 g/mol. The van der Waals surface area contributed by atoms with Crippen LogP contribution in [0, 0.1) is 0 Å². The van der Waals surface area contributed by atoms with Crippen LogP contribution < -0.4 is 10.6 Å². The minimum atomic E-state index is -0.306. The maximum absolute atomic E-state index is 12.1. The number of fused-ring (bicyclic) bond motifs is 1. The van der Waals surface area contributed by atoms with Crippen LogP contribution >= 0.6 is 0 Å². The van der Waals surface area contributed by atoms with E-state index >= 15 is 0 Å². The minimum absolute atomic E-state index is 0.306. The van der Waals surface area contributed by atoms with Gasteiger partial charge in [0.05, 0.1) is 35.6 Å². The molecule has 1 aliphatic rings. The zero-order valence-corrected chi connectivity index (χ0v) is 22.1. The highest BCUT2D eigenvalue weighted by molar-refractivity contribution is 5.98. The molecule has 198 valence electrons. The second-order valence-electron chi connectivity index (χ2n) is 9.70. The fourth-order valence-electron chi connectivity index (χ4n) is 4.62. The number of carbonyl (C=O) groups excluding carboxylic acids is 1. The normalized spacial score (nSPS) is 14.2. The third kappa shape index (κ3) is 6.16. The lowest BCUT2D eigenvalue weighted by atomic mass is 10.00. The Balaban J connectivity index is 1.51. The van der Waals surface area contributed by atoms with Gasteiger partial charge in [0.1, 0.15) is 0 Å². The van der Waals surface area contributed by atoms with Crippen LogP contribution in [0.15, 0.2) is 48.8 Å². The number of pyridine rings is 2. The molecule has 0 spiro atoms. The molecule has 2 amide bonds. The van der Waals surface area contributed by atoms with Crippen molar-refractivity contribution in [3.63, 3.8) is 0 Å². The molecular formula is C28H34N8O2. The summed E-state index contributed by atoms with van der Waals surface area (Å²) >= 11 is 0. The number of hydrogen-bond acceptors (Lipinski definition) is 7. The standard InChI is InChI=1S/C28H34N8O2/c1-4-29-28(37)34-27-32-25-15-21(20-5-6-22(31-16-20)18-36-9-11-38-12-10-36)14-23(26(25)33-27)24-13-19(7-8-30-24)17-35(2)3/h5-8,13-16H,4,9-12,17-18H2,1-3H3,(H3,29,32,33,34,37). The van der Waals surface area contributed by atoms with Gasteiger partial charge in [-0.25, -0.2) is 9.78 Å². The van der Waals surface area contributed by atoms with Gasteiger partial charge in [-0.15, -0.1) is 0 Å². The van der Waals surface area contributed by atoms with E-state index in [0.717, 1.165) is 84.1 Å². The SMILES string of the molecule is CCNC(=O)Nc1nc2cc(-c3ccc(CN4CCOCC4)nc3)cc(-c3cc(CN(C)C)ccn3)c2[nH]1. The number of hydrogen-bond donors (Lipinski definition) is 3. The Kier molecular flexibility index (Phi) is 7.92. The fourth-order valence-corrected chi connectivity index (χ4v) is 4.62. The van der Waals surface area contributed by atoms with Crippen LogP contribution in [0.1, 0.15) is 18.2 Å². The van der Waals surface area contributed by atoms with Gasteiger partial charge in [-0.05, 0) is 62.5 Å². The van der Waals surface area contributed by atoms with Crippen LogP contribution in [0.5, 0.6) is 0 Å². The lowest BCUT2D eigenvalue weighted by Gasteiger charge is -2.26. The fraction of sp³-hybridized carbons (Fsp3) is 0.357. The number of anilines is 1. The van der Waals surface area contributed by atoms with Crippen molar-refractivity contribution in [2.24, 2.45) is 0 Å². The van der Waals surface area contributed by atoms with Crippen molar-refractivity contribution in [2.75, 3.05) is 52.3 Å². The van der Waals surface area contributed by atoms with Gasteiger partial charge in [-0.2, -0.15) is 0 Å². The van der Waals surface area contributed by atoms with Crippen LogP contribution in [0.3, 0.4) is 0 Å². The first-order chi connectivity index (χ1) is 18.5. The van der Waals surface area contributed by atoms with Crippen molar-refractivity contribution in [1.82, 2.24) is 35.1 Å². The van der Waals surface area contributed by atoms with Crippen molar-refractivity contribution in [3.05, 3.63) is 60.0 Å². The number of rotatable bonds is 8. The number of amides is 2. The number of imidazole rings is 1. The molecule has 0 atom stereocenters. The number of benzene rings is 1. The van der Waals surface area contributed by atoms with Gasteiger partial charge >= 0.3 is 6.03 Å². The van der Waals surface area contributed by atoms with E-state index in [1.54, 1.807) is 0 Å². The zero-order chi connectivity index (χ0) is 26.5. The van der Waals surface area contributed by atoms with Gasteiger partial charge < -0.3 is 19.9 Å². The Bertz CT molecular complexity index is 1390. The summed E-state index contributed by atoms with van der Waals surface area (Å²) in [5, 5.41) is 5.52. The van der Waals surface area contributed by atoms with Crippen LogP contribution in [0.25, 0.3) is 33.4 Å². The third-order valence-electron chi connectivity index (χ3n) is 6.41. The number of morpholine rings is 1. The molecule has 4 aromatic rings. The summed E-state index contributed by atoms with van der Waals surface area (Å²) in [6.45, 7) is 7.40. The van der Waals surface area contributed by atoms with E-state index in [1.165, 1.54) is 0 Å². The van der Waals surface area contributed by atoms with Crippen molar-refractivity contribution < 1.29 is 9.53 Å². The maximum atomic E-state index is 12.1. The smallest absolute Gasteiger partial charge is 0.321 e. The molecule has 5 rings (SSSR count). The van der Waals surface area contributed by atoms with Crippen molar-refractivity contribution >= 4 is 23.0 Å².